The molecule has 0 aliphatic carbocycles. The lowest BCUT2D eigenvalue weighted by Gasteiger charge is -2.07. The minimum atomic E-state index is -3.48. The minimum absolute atomic E-state index is 0.120. The molecule has 0 atom stereocenters. The Morgan fingerprint density at radius 2 is 2.13 bits per heavy atom. The standard InChI is InChI=1S/C14H15ClN4O2S2/c1-9-13(19-14(17-9)22-10(2)18-19)7-16-23(20,21)8-11-4-3-5-12(15)6-11/h3-6,16H,7-8H2,1-2H3. The highest BCUT2D eigenvalue weighted by Gasteiger charge is 2.17. The average Bonchev–Trinajstić information content (AvgIpc) is 2.91. The van der Waals surface area contributed by atoms with Crippen molar-refractivity contribution in [3.05, 3.63) is 51.2 Å². The van der Waals surface area contributed by atoms with E-state index in [0.29, 0.717) is 10.6 Å². The number of hydrogen-bond donors (Lipinski definition) is 1. The molecule has 122 valence electrons. The largest absolute Gasteiger partial charge is 0.223 e. The number of nitrogens with zero attached hydrogens (tertiary/aromatic N) is 3. The third kappa shape index (κ3) is 3.72. The summed E-state index contributed by atoms with van der Waals surface area (Å²) in [6, 6.07) is 6.82. The first-order valence-corrected chi connectivity index (χ1v) is 9.72. The van der Waals surface area contributed by atoms with Crippen LogP contribution in [0.2, 0.25) is 5.02 Å². The van der Waals surface area contributed by atoms with Crippen LogP contribution < -0.4 is 4.72 Å². The molecule has 1 N–H and O–H groups in total. The van der Waals surface area contributed by atoms with Gasteiger partial charge in [0.05, 0.1) is 23.7 Å². The lowest BCUT2D eigenvalue weighted by Crippen LogP contribution is -2.25. The van der Waals surface area contributed by atoms with Crippen LogP contribution in [-0.2, 0) is 22.3 Å². The van der Waals surface area contributed by atoms with Gasteiger partial charge in [-0.1, -0.05) is 35.1 Å². The van der Waals surface area contributed by atoms with E-state index in [2.05, 4.69) is 14.8 Å². The molecule has 3 rings (SSSR count). The van der Waals surface area contributed by atoms with E-state index in [1.54, 1.807) is 28.8 Å². The molecule has 0 bridgehead atoms. The highest BCUT2D eigenvalue weighted by Crippen LogP contribution is 2.18. The van der Waals surface area contributed by atoms with Gasteiger partial charge in [-0.05, 0) is 31.5 Å². The summed E-state index contributed by atoms with van der Waals surface area (Å²) in [7, 11) is -3.48. The lowest BCUT2D eigenvalue weighted by molar-refractivity contribution is 0.578. The zero-order chi connectivity index (χ0) is 16.6. The fourth-order valence-electron chi connectivity index (χ4n) is 2.26. The molecule has 0 saturated carbocycles. The molecule has 9 heteroatoms. The lowest BCUT2D eigenvalue weighted by atomic mass is 10.2. The molecule has 6 nitrogen and oxygen atoms in total. The maximum Gasteiger partial charge on any atom is 0.216 e. The maximum absolute atomic E-state index is 12.3. The number of aryl methyl sites for hydroxylation is 2. The number of hydrogen-bond acceptors (Lipinski definition) is 5. The van der Waals surface area contributed by atoms with Gasteiger partial charge in [-0.3, -0.25) is 0 Å². The molecule has 0 aliphatic rings. The van der Waals surface area contributed by atoms with Crippen LogP contribution >= 0.6 is 22.9 Å². The summed E-state index contributed by atoms with van der Waals surface area (Å²) in [5.74, 6) is -0.120. The first kappa shape index (κ1) is 16.4. The summed E-state index contributed by atoms with van der Waals surface area (Å²) in [6.07, 6.45) is 0. The van der Waals surface area contributed by atoms with Gasteiger partial charge in [0.15, 0.2) is 0 Å². The van der Waals surface area contributed by atoms with Gasteiger partial charge in [0.25, 0.3) is 0 Å². The number of halogens is 1. The third-order valence-electron chi connectivity index (χ3n) is 3.30. The topological polar surface area (TPSA) is 76.4 Å². The molecular weight excluding hydrogens is 356 g/mol. The molecule has 2 heterocycles. The van der Waals surface area contributed by atoms with Crippen molar-refractivity contribution in [1.82, 2.24) is 19.3 Å². The van der Waals surface area contributed by atoms with Gasteiger partial charge >= 0.3 is 0 Å². The molecule has 23 heavy (non-hydrogen) atoms. The van der Waals surface area contributed by atoms with E-state index in [9.17, 15) is 8.42 Å². The minimum Gasteiger partial charge on any atom is -0.223 e. The number of imidazole rings is 1. The van der Waals surface area contributed by atoms with Gasteiger partial charge in [-0.15, -0.1) is 0 Å². The van der Waals surface area contributed by atoms with Crippen LogP contribution in [0.15, 0.2) is 24.3 Å². The third-order valence-corrected chi connectivity index (χ3v) is 5.66. The monoisotopic (exact) mass is 370 g/mol. The SMILES string of the molecule is Cc1nn2c(CNS(=O)(=O)Cc3cccc(Cl)c3)c(C)nc2s1. The summed E-state index contributed by atoms with van der Waals surface area (Å²) in [5.41, 5.74) is 2.16. The molecule has 0 radical (unpaired) electrons. The Hall–Kier alpha value is -1.48. The van der Waals surface area contributed by atoms with Crippen molar-refractivity contribution in [1.29, 1.82) is 0 Å². The van der Waals surface area contributed by atoms with Gasteiger partial charge in [-0.2, -0.15) is 5.10 Å². The number of aromatic nitrogens is 3. The van der Waals surface area contributed by atoms with Crippen LogP contribution in [0, 0.1) is 13.8 Å². The van der Waals surface area contributed by atoms with Gasteiger partial charge < -0.3 is 0 Å². The molecule has 0 saturated heterocycles. The summed E-state index contributed by atoms with van der Waals surface area (Å²) in [6.45, 7) is 3.89. The summed E-state index contributed by atoms with van der Waals surface area (Å²) < 4.78 is 28.8. The van der Waals surface area contributed by atoms with Gasteiger partial charge in [0.2, 0.25) is 15.0 Å². The van der Waals surface area contributed by atoms with E-state index in [4.69, 9.17) is 11.6 Å². The molecular formula is C14H15ClN4O2S2. The van der Waals surface area contributed by atoms with Crippen molar-refractivity contribution >= 4 is 37.9 Å². The molecule has 0 unspecified atom stereocenters. The number of nitrogens with one attached hydrogen (secondary N) is 1. The number of fused-ring (bicyclic) bond motifs is 1. The highest BCUT2D eigenvalue weighted by molar-refractivity contribution is 7.88. The molecule has 0 spiro atoms. The second kappa shape index (κ2) is 6.20. The normalized spacial score (nSPS) is 12.1. The Bertz CT molecular complexity index is 962. The average molecular weight is 371 g/mol. The summed E-state index contributed by atoms with van der Waals surface area (Å²) >= 11 is 7.36. The zero-order valence-electron chi connectivity index (χ0n) is 12.6. The van der Waals surface area contributed by atoms with Crippen LogP contribution in [0.4, 0.5) is 0 Å². The number of benzene rings is 1. The zero-order valence-corrected chi connectivity index (χ0v) is 15.0. The second-order valence-corrected chi connectivity index (χ2v) is 8.57. The van der Waals surface area contributed by atoms with Crippen LogP contribution in [0.3, 0.4) is 0 Å². The predicted molar refractivity (Wildman–Crippen MR) is 91.3 cm³/mol. The smallest absolute Gasteiger partial charge is 0.216 e. The summed E-state index contributed by atoms with van der Waals surface area (Å²) in [5, 5.41) is 5.75. The van der Waals surface area contributed by atoms with Crippen molar-refractivity contribution in [3.8, 4) is 0 Å². The van der Waals surface area contributed by atoms with Gasteiger partial charge in [-0.25, -0.2) is 22.6 Å². The van der Waals surface area contributed by atoms with E-state index < -0.39 is 10.0 Å². The Labute approximate surface area is 143 Å². The first-order valence-electron chi connectivity index (χ1n) is 6.87. The van der Waals surface area contributed by atoms with Crippen molar-refractivity contribution in [3.63, 3.8) is 0 Å². The number of sulfonamides is 1. The quantitative estimate of drug-likeness (QED) is 0.749. The van der Waals surface area contributed by atoms with Crippen molar-refractivity contribution in [2.45, 2.75) is 26.1 Å². The second-order valence-electron chi connectivity index (χ2n) is 5.17. The van der Waals surface area contributed by atoms with Gasteiger partial charge in [0.1, 0.15) is 5.01 Å². The van der Waals surface area contributed by atoms with Crippen molar-refractivity contribution < 1.29 is 8.42 Å². The van der Waals surface area contributed by atoms with Crippen LogP contribution in [0.5, 0.6) is 0 Å². The van der Waals surface area contributed by atoms with Crippen LogP contribution in [0.25, 0.3) is 4.96 Å². The first-order chi connectivity index (χ1) is 10.8. The van der Waals surface area contributed by atoms with Crippen molar-refractivity contribution in [2.24, 2.45) is 0 Å². The van der Waals surface area contributed by atoms with E-state index >= 15 is 0 Å². The van der Waals surface area contributed by atoms with Crippen molar-refractivity contribution in [2.75, 3.05) is 0 Å². The highest BCUT2D eigenvalue weighted by atomic mass is 35.5. The van der Waals surface area contributed by atoms with E-state index in [-0.39, 0.29) is 12.3 Å². The fraction of sp³-hybridized carbons (Fsp3) is 0.286. The predicted octanol–water partition coefficient (Wildman–Crippen LogP) is 2.68. The Morgan fingerprint density at radius 3 is 2.87 bits per heavy atom. The molecule has 2 aromatic heterocycles. The van der Waals surface area contributed by atoms with Crippen LogP contribution in [0.1, 0.15) is 22.0 Å². The Morgan fingerprint density at radius 1 is 1.35 bits per heavy atom. The molecule has 0 aliphatic heterocycles. The van der Waals surface area contributed by atoms with Gasteiger partial charge in [0, 0.05) is 5.02 Å². The van der Waals surface area contributed by atoms with Crippen LogP contribution in [-0.4, -0.2) is 23.0 Å². The molecule has 3 aromatic rings. The summed E-state index contributed by atoms with van der Waals surface area (Å²) in [4.78, 5) is 5.16. The Kier molecular flexibility index (Phi) is 4.41. The molecule has 0 fully saturated rings. The van der Waals surface area contributed by atoms with E-state index in [0.717, 1.165) is 21.4 Å². The van der Waals surface area contributed by atoms with E-state index in [1.165, 1.54) is 11.3 Å². The fourth-order valence-corrected chi connectivity index (χ4v) is 4.36. The Balaban J connectivity index is 1.77. The molecule has 1 aromatic carbocycles. The maximum atomic E-state index is 12.3. The molecule has 0 amide bonds. The van der Waals surface area contributed by atoms with E-state index in [1.807, 2.05) is 13.8 Å². The number of rotatable bonds is 5.